The van der Waals surface area contributed by atoms with Crippen molar-refractivity contribution in [1.82, 2.24) is 9.78 Å². The average molecular weight is 287 g/mol. The van der Waals surface area contributed by atoms with Gasteiger partial charge in [0, 0.05) is 44.3 Å². The lowest BCUT2D eigenvalue weighted by Crippen LogP contribution is -2.27. The number of benzene rings is 1. The summed E-state index contributed by atoms with van der Waals surface area (Å²) in [6.07, 6.45) is 3.35. The van der Waals surface area contributed by atoms with Gasteiger partial charge in [0.25, 0.3) is 0 Å². The fraction of sp³-hybridized carbons (Fsp3) is 0.333. The van der Waals surface area contributed by atoms with Gasteiger partial charge in [-0.3, -0.25) is 9.48 Å². The van der Waals surface area contributed by atoms with Crippen molar-refractivity contribution in [2.45, 2.75) is 13.0 Å². The summed E-state index contributed by atoms with van der Waals surface area (Å²) >= 11 is 0. The van der Waals surface area contributed by atoms with Crippen LogP contribution in [0.1, 0.15) is 17.2 Å². The van der Waals surface area contributed by atoms with Gasteiger partial charge in [-0.15, -0.1) is 0 Å². The first-order valence-corrected chi connectivity index (χ1v) is 6.71. The summed E-state index contributed by atoms with van der Waals surface area (Å²) in [6, 6.07) is 5.13. The van der Waals surface area contributed by atoms with E-state index in [1.165, 1.54) is 0 Å². The molecule has 1 heterocycles. The largest absolute Gasteiger partial charge is 0.378 e. The van der Waals surface area contributed by atoms with Gasteiger partial charge in [-0.05, 0) is 30.7 Å². The molecule has 0 saturated carbocycles. The minimum atomic E-state index is -0.730. The third-order valence-electron chi connectivity index (χ3n) is 3.35. The number of aromatic nitrogens is 2. The number of amides is 1. The Morgan fingerprint density at radius 3 is 2.67 bits per heavy atom. The van der Waals surface area contributed by atoms with Gasteiger partial charge in [-0.2, -0.15) is 5.10 Å². The van der Waals surface area contributed by atoms with E-state index in [1.807, 2.05) is 44.1 Å². The second-order valence-electron chi connectivity index (χ2n) is 5.31. The summed E-state index contributed by atoms with van der Waals surface area (Å²) in [4.78, 5) is 14.2. The first-order valence-electron chi connectivity index (χ1n) is 6.71. The number of carbonyl (C=O) groups is 1. The van der Waals surface area contributed by atoms with Crippen molar-refractivity contribution in [3.05, 3.63) is 41.7 Å². The Labute approximate surface area is 124 Å². The number of carbonyl (C=O) groups excluding carboxylic acids is 1. The monoisotopic (exact) mass is 287 g/mol. The first-order chi connectivity index (χ1) is 9.88. The minimum absolute atomic E-state index is 0.247. The van der Waals surface area contributed by atoms with Crippen LogP contribution in [0.15, 0.2) is 30.6 Å². The van der Waals surface area contributed by atoms with Crippen molar-refractivity contribution in [1.29, 1.82) is 0 Å². The molecule has 0 aliphatic carbocycles. The van der Waals surface area contributed by atoms with Crippen LogP contribution >= 0.6 is 0 Å². The predicted molar refractivity (Wildman–Crippen MR) is 84.3 cm³/mol. The highest BCUT2D eigenvalue weighted by molar-refractivity contribution is 5.96. The number of hydrogen-bond donors (Lipinski definition) is 2. The summed E-state index contributed by atoms with van der Waals surface area (Å²) in [5, 5.41) is 6.89. The molecule has 0 spiro atoms. The van der Waals surface area contributed by atoms with E-state index < -0.39 is 6.04 Å². The maximum absolute atomic E-state index is 12.2. The highest BCUT2D eigenvalue weighted by Crippen LogP contribution is 2.22. The second-order valence-corrected chi connectivity index (χ2v) is 5.31. The number of hydrogen-bond acceptors (Lipinski definition) is 4. The molecular formula is C15H21N5O. The van der Waals surface area contributed by atoms with E-state index in [1.54, 1.807) is 24.1 Å². The van der Waals surface area contributed by atoms with Gasteiger partial charge >= 0.3 is 0 Å². The van der Waals surface area contributed by atoms with Gasteiger partial charge in [-0.25, -0.2) is 0 Å². The Morgan fingerprint density at radius 1 is 1.43 bits per heavy atom. The molecule has 6 heteroatoms. The van der Waals surface area contributed by atoms with Gasteiger partial charge in [0.05, 0.1) is 6.20 Å². The van der Waals surface area contributed by atoms with Gasteiger partial charge in [0.15, 0.2) is 0 Å². The van der Waals surface area contributed by atoms with Gasteiger partial charge < -0.3 is 16.0 Å². The summed E-state index contributed by atoms with van der Waals surface area (Å²) in [6.45, 7) is 1.96. The van der Waals surface area contributed by atoms with Crippen LogP contribution < -0.4 is 16.0 Å². The molecule has 2 aromatic rings. The fourth-order valence-electron chi connectivity index (χ4n) is 2.03. The third kappa shape index (κ3) is 3.41. The predicted octanol–water partition coefficient (Wildman–Crippen LogP) is 1.43. The zero-order valence-corrected chi connectivity index (χ0v) is 12.8. The number of nitrogens with two attached hydrogens (primary N) is 1. The third-order valence-corrected chi connectivity index (χ3v) is 3.35. The number of nitrogens with zero attached hydrogens (tertiary/aromatic N) is 3. The molecule has 0 aliphatic rings. The Hall–Kier alpha value is -2.34. The molecule has 6 nitrogen and oxygen atoms in total. The maximum atomic E-state index is 12.2. The molecule has 0 fully saturated rings. The number of anilines is 2. The van der Waals surface area contributed by atoms with Gasteiger partial charge in [0.2, 0.25) is 5.91 Å². The van der Waals surface area contributed by atoms with E-state index in [9.17, 15) is 4.79 Å². The second kappa shape index (κ2) is 5.97. The topological polar surface area (TPSA) is 76.2 Å². The lowest BCUT2D eigenvalue weighted by atomic mass is 10.1. The number of aryl methyl sites for hydroxylation is 2. The van der Waals surface area contributed by atoms with Crippen LogP contribution in [-0.2, 0) is 11.8 Å². The van der Waals surface area contributed by atoms with Crippen molar-refractivity contribution < 1.29 is 4.79 Å². The quantitative estimate of drug-likeness (QED) is 0.892. The highest BCUT2D eigenvalue weighted by atomic mass is 16.2. The summed E-state index contributed by atoms with van der Waals surface area (Å²) in [5.41, 5.74) is 9.49. The minimum Gasteiger partial charge on any atom is -0.378 e. The summed E-state index contributed by atoms with van der Waals surface area (Å²) in [7, 11) is 5.74. The highest BCUT2D eigenvalue weighted by Gasteiger charge is 2.18. The zero-order chi connectivity index (χ0) is 15.6. The average Bonchev–Trinajstić information content (AvgIpc) is 2.86. The summed E-state index contributed by atoms with van der Waals surface area (Å²) in [5.74, 6) is -0.247. The van der Waals surface area contributed by atoms with E-state index in [0.717, 1.165) is 16.9 Å². The fourth-order valence-corrected chi connectivity index (χ4v) is 2.03. The van der Waals surface area contributed by atoms with Crippen LogP contribution in [0, 0.1) is 6.92 Å². The van der Waals surface area contributed by atoms with E-state index in [-0.39, 0.29) is 5.91 Å². The first kappa shape index (κ1) is 15.1. The standard InChI is InChI=1S/C15H21N5O/c1-10-7-12(19(2)3)5-6-13(10)18-15(21)14(16)11-8-17-20(4)9-11/h5-9,14H,16H2,1-4H3,(H,18,21). The van der Waals surface area contributed by atoms with Crippen molar-refractivity contribution in [2.75, 3.05) is 24.3 Å². The van der Waals surface area contributed by atoms with E-state index in [2.05, 4.69) is 10.4 Å². The molecule has 2 rings (SSSR count). The molecular weight excluding hydrogens is 266 g/mol. The van der Waals surface area contributed by atoms with Gasteiger partial charge in [0.1, 0.15) is 6.04 Å². The van der Waals surface area contributed by atoms with Crippen LogP contribution in [0.4, 0.5) is 11.4 Å². The number of rotatable bonds is 4. The Balaban J connectivity index is 2.12. The van der Waals surface area contributed by atoms with Crippen LogP contribution in [0.2, 0.25) is 0 Å². The van der Waals surface area contributed by atoms with Crippen LogP contribution in [0.25, 0.3) is 0 Å². The van der Waals surface area contributed by atoms with Crippen molar-refractivity contribution in [3.8, 4) is 0 Å². The molecule has 0 bridgehead atoms. The molecule has 1 aromatic heterocycles. The zero-order valence-electron chi connectivity index (χ0n) is 12.8. The normalized spacial score (nSPS) is 12.0. The molecule has 1 amide bonds. The van der Waals surface area contributed by atoms with Crippen molar-refractivity contribution in [2.24, 2.45) is 12.8 Å². The summed E-state index contributed by atoms with van der Waals surface area (Å²) < 4.78 is 1.62. The molecule has 1 atom stereocenters. The Bertz CT molecular complexity index is 647. The Kier molecular flexibility index (Phi) is 4.28. The van der Waals surface area contributed by atoms with Crippen molar-refractivity contribution >= 4 is 17.3 Å². The maximum Gasteiger partial charge on any atom is 0.246 e. The van der Waals surface area contributed by atoms with Gasteiger partial charge in [-0.1, -0.05) is 0 Å². The molecule has 0 aliphatic heterocycles. The van der Waals surface area contributed by atoms with E-state index >= 15 is 0 Å². The molecule has 1 unspecified atom stereocenters. The molecule has 3 N–H and O–H groups in total. The van der Waals surface area contributed by atoms with Crippen LogP contribution in [-0.4, -0.2) is 29.8 Å². The van der Waals surface area contributed by atoms with Crippen molar-refractivity contribution in [3.63, 3.8) is 0 Å². The lowest BCUT2D eigenvalue weighted by Gasteiger charge is -2.16. The Morgan fingerprint density at radius 2 is 2.14 bits per heavy atom. The van der Waals surface area contributed by atoms with Crippen LogP contribution in [0.3, 0.4) is 0 Å². The SMILES string of the molecule is Cc1cc(N(C)C)ccc1NC(=O)C(N)c1cnn(C)c1. The molecule has 112 valence electrons. The lowest BCUT2D eigenvalue weighted by molar-refractivity contribution is -0.117. The number of nitrogens with one attached hydrogen (secondary N) is 1. The molecule has 1 aromatic carbocycles. The molecule has 0 saturated heterocycles. The molecule has 0 radical (unpaired) electrons. The smallest absolute Gasteiger partial charge is 0.246 e. The van der Waals surface area contributed by atoms with E-state index in [4.69, 9.17) is 5.73 Å². The molecule has 21 heavy (non-hydrogen) atoms. The van der Waals surface area contributed by atoms with Crippen LogP contribution in [0.5, 0.6) is 0 Å². The van der Waals surface area contributed by atoms with E-state index in [0.29, 0.717) is 5.56 Å².